The van der Waals surface area contributed by atoms with Gasteiger partial charge in [0.05, 0.1) is 13.2 Å². The Morgan fingerprint density at radius 1 is 1.12 bits per heavy atom. The number of ether oxygens (including phenoxy) is 1. The first-order valence-corrected chi connectivity index (χ1v) is 7.98. The van der Waals surface area contributed by atoms with Crippen molar-refractivity contribution in [3.8, 4) is 0 Å². The fourth-order valence-electron chi connectivity index (χ4n) is 2.51. The van der Waals surface area contributed by atoms with Gasteiger partial charge in [-0.15, -0.1) is 0 Å². The van der Waals surface area contributed by atoms with Crippen molar-refractivity contribution in [2.45, 2.75) is 25.3 Å². The van der Waals surface area contributed by atoms with E-state index in [0.717, 1.165) is 5.56 Å². The predicted molar refractivity (Wildman–Crippen MR) is 86.3 cm³/mol. The molecule has 0 radical (unpaired) electrons. The predicted octanol–water partition coefficient (Wildman–Crippen LogP) is 0.438. The van der Waals surface area contributed by atoms with Gasteiger partial charge in [0.15, 0.2) is 0 Å². The maximum absolute atomic E-state index is 12.0. The van der Waals surface area contributed by atoms with Crippen LogP contribution in [0.1, 0.15) is 18.4 Å². The highest BCUT2D eigenvalue weighted by Crippen LogP contribution is 2.06. The number of nitrogens with zero attached hydrogens (tertiary/aromatic N) is 1. The lowest BCUT2D eigenvalue weighted by Crippen LogP contribution is -2.43. The molecule has 2 N–H and O–H groups in total. The van der Waals surface area contributed by atoms with Gasteiger partial charge in [-0.3, -0.25) is 9.59 Å². The zero-order chi connectivity index (χ0) is 17.4. The van der Waals surface area contributed by atoms with Crippen molar-refractivity contribution in [1.82, 2.24) is 10.2 Å². The number of amides is 2. The van der Waals surface area contributed by atoms with Crippen molar-refractivity contribution >= 4 is 17.8 Å². The molecule has 24 heavy (non-hydrogen) atoms. The second kappa shape index (κ2) is 9.02. The van der Waals surface area contributed by atoms with E-state index in [1.807, 2.05) is 30.3 Å². The Kier molecular flexibility index (Phi) is 6.74. The van der Waals surface area contributed by atoms with Crippen LogP contribution in [0.25, 0.3) is 0 Å². The lowest BCUT2D eigenvalue weighted by Gasteiger charge is -2.26. The van der Waals surface area contributed by atoms with E-state index in [-0.39, 0.29) is 25.2 Å². The van der Waals surface area contributed by atoms with Crippen LogP contribution >= 0.6 is 0 Å². The van der Waals surface area contributed by atoms with Gasteiger partial charge < -0.3 is 20.1 Å². The number of carboxylic acids is 1. The van der Waals surface area contributed by atoms with Crippen LogP contribution in [0.4, 0.5) is 0 Å². The van der Waals surface area contributed by atoms with E-state index in [1.165, 1.54) is 0 Å². The van der Waals surface area contributed by atoms with E-state index in [1.54, 1.807) is 4.90 Å². The van der Waals surface area contributed by atoms with Crippen molar-refractivity contribution in [2.75, 3.05) is 26.3 Å². The maximum atomic E-state index is 12.0. The molecule has 1 aromatic rings. The monoisotopic (exact) mass is 334 g/mol. The average molecular weight is 334 g/mol. The SMILES string of the molecule is O=C(CCC(=O)N1CCOCC1)N[C@H](Cc1ccccc1)C(=O)O. The molecule has 0 bridgehead atoms. The van der Waals surface area contributed by atoms with Crippen molar-refractivity contribution in [1.29, 1.82) is 0 Å². The first-order chi connectivity index (χ1) is 11.6. The Morgan fingerprint density at radius 3 is 2.42 bits per heavy atom. The van der Waals surface area contributed by atoms with Gasteiger partial charge in [-0.05, 0) is 5.56 Å². The molecule has 130 valence electrons. The topological polar surface area (TPSA) is 95.9 Å². The molecule has 1 heterocycles. The third-order valence-electron chi connectivity index (χ3n) is 3.85. The Labute approximate surface area is 140 Å². The van der Waals surface area contributed by atoms with Crippen LogP contribution in [-0.4, -0.2) is 60.1 Å². The largest absolute Gasteiger partial charge is 0.480 e. The molecule has 1 aromatic carbocycles. The molecule has 0 saturated carbocycles. The van der Waals surface area contributed by atoms with E-state index in [4.69, 9.17) is 4.74 Å². The molecule has 0 aliphatic carbocycles. The number of morpholine rings is 1. The number of benzene rings is 1. The number of rotatable bonds is 7. The summed E-state index contributed by atoms with van der Waals surface area (Å²) in [6.45, 7) is 2.09. The number of hydrogen-bond acceptors (Lipinski definition) is 4. The van der Waals surface area contributed by atoms with Crippen LogP contribution in [0.2, 0.25) is 0 Å². The number of carbonyl (C=O) groups is 3. The fourth-order valence-corrected chi connectivity index (χ4v) is 2.51. The Hall–Kier alpha value is -2.41. The summed E-state index contributed by atoms with van der Waals surface area (Å²) in [5, 5.41) is 11.8. The summed E-state index contributed by atoms with van der Waals surface area (Å²) >= 11 is 0. The molecule has 7 nitrogen and oxygen atoms in total. The van der Waals surface area contributed by atoms with Crippen LogP contribution in [-0.2, 0) is 25.5 Å². The van der Waals surface area contributed by atoms with Gasteiger partial charge in [0.25, 0.3) is 0 Å². The van der Waals surface area contributed by atoms with Crippen molar-refractivity contribution in [3.05, 3.63) is 35.9 Å². The zero-order valence-electron chi connectivity index (χ0n) is 13.4. The van der Waals surface area contributed by atoms with E-state index < -0.39 is 17.9 Å². The Balaban J connectivity index is 1.80. The molecular formula is C17H22N2O5. The molecule has 1 aliphatic rings. The van der Waals surface area contributed by atoms with Crippen molar-refractivity contribution in [3.63, 3.8) is 0 Å². The second-order valence-corrected chi connectivity index (χ2v) is 5.64. The average Bonchev–Trinajstić information content (AvgIpc) is 2.60. The van der Waals surface area contributed by atoms with Crippen LogP contribution in [0.5, 0.6) is 0 Å². The lowest BCUT2D eigenvalue weighted by molar-refractivity contribution is -0.142. The highest BCUT2D eigenvalue weighted by Gasteiger charge is 2.22. The van der Waals surface area contributed by atoms with Crippen molar-refractivity contribution in [2.24, 2.45) is 0 Å². The van der Waals surface area contributed by atoms with E-state index >= 15 is 0 Å². The third-order valence-corrected chi connectivity index (χ3v) is 3.85. The van der Waals surface area contributed by atoms with Gasteiger partial charge in [-0.25, -0.2) is 4.79 Å². The molecule has 0 aromatic heterocycles. The Bertz CT molecular complexity index is 570. The summed E-state index contributed by atoms with van der Waals surface area (Å²) in [6, 6.07) is 8.09. The first-order valence-electron chi connectivity index (χ1n) is 7.98. The molecule has 7 heteroatoms. The zero-order valence-corrected chi connectivity index (χ0v) is 13.4. The van der Waals surface area contributed by atoms with Gasteiger partial charge in [0.1, 0.15) is 6.04 Å². The minimum Gasteiger partial charge on any atom is -0.480 e. The summed E-state index contributed by atoms with van der Waals surface area (Å²) in [4.78, 5) is 36.9. The molecule has 1 atom stereocenters. The summed E-state index contributed by atoms with van der Waals surface area (Å²) in [5.74, 6) is -1.63. The summed E-state index contributed by atoms with van der Waals surface area (Å²) < 4.78 is 5.17. The number of hydrogen-bond donors (Lipinski definition) is 2. The molecule has 2 amide bonds. The normalized spacial score (nSPS) is 15.6. The molecule has 2 rings (SSSR count). The van der Waals surface area contributed by atoms with E-state index in [9.17, 15) is 19.5 Å². The van der Waals surface area contributed by atoms with Crippen LogP contribution < -0.4 is 5.32 Å². The smallest absolute Gasteiger partial charge is 0.326 e. The van der Waals surface area contributed by atoms with Gasteiger partial charge in [0.2, 0.25) is 11.8 Å². The molecule has 0 unspecified atom stereocenters. The number of carbonyl (C=O) groups excluding carboxylic acids is 2. The lowest BCUT2D eigenvalue weighted by atomic mass is 10.1. The van der Waals surface area contributed by atoms with E-state index in [0.29, 0.717) is 26.3 Å². The molecule has 0 spiro atoms. The van der Waals surface area contributed by atoms with Crippen LogP contribution in [0, 0.1) is 0 Å². The highest BCUT2D eigenvalue weighted by molar-refractivity contribution is 5.87. The van der Waals surface area contributed by atoms with Crippen LogP contribution in [0.15, 0.2) is 30.3 Å². The minimum absolute atomic E-state index is 0.0191. The quantitative estimate of drug-likeness (QED) is 0.754. The second-order valence-electron chi connectivity index (χ2n) is 5.64. The summed E-state index contributed by atoms with van der Waals surface area (Å²) in [6.07, 6.45) is 0.262. The van der Waals surface area contributed by atoms with Gasteiger partial charge in [-0.1, -0.05) is 30.3 Å². The summed E-state index contributed by atoms with van der Waals surface area (Å²) in [7, 11) is 0. The molecular weight excluding hydrogens is 312 g/mol. The van der Waals surface area contributed by atoms with Gasteiger partial charge in [0, 0.05) is 32.4 Å². The molecule has 1 fully saturated rings. The van der Waals surface area contributed by atoms with Crippen LogP contribution in [0.3, 0.4) is 0 Å². The van der Waals surface area contributed by atoms with Crippen molar-refractivity contribution < 1.29 is 24.2 Å². The molecule has 1 saturated heterocycles. The van der Waals surface area contributed by atoms with E-state index in [2.05, 4.69) is 5.32 Å². The minimum atomic E-state index is -1.09. The fraction of sp³-hybridized carbons (Fsp3) is 0.471. The maximum Gasteiger partial charge on any atom is 0.326 e. The standard InChI is InChI=1S/C17H22N2O5/c20-15(6-7-16(21)19-8-10-24-11-9-19)18-14(17(22)23)12-13-4-2-1-3-5-13/h1-5,14H,6-12H2,(H,18,20)(H,22,23)/t14-/m1/s1. The first kappa shape index (κ1) is 17.9. The summed E-state index contributed by atoms with van der Waals surface area (Å²) in [5.41, 5.74) is 0.828. The number of carboxylic acid groups (broad SMARTS) is 1. The van der Waals surface area contributed by atoms with Gasteiger partial charge in [-0.2, -0.15) is 0 Å². The molecule has 1 aliphatic heterocycles. The highest BCUT2D eigenvalue weighted by atomic mass is 16.5. The van der Waals surface area contributed by atoms with Gasteiger partial charge >= 0.3 is 5.97 Å². The number of aliphatic carboxylic acids is 1. The number of nitrogens with one attached hydrogen (secondary N) is 1. The third kappa shape index (κ3) is 5.66. The Morgan fingerprint density at radius 2 is 1.79 bits per heavy atom.